The highest BCUT2D eigenvalue weighted by Crippen LogP contribution is 2.24. The summed E-state index contributed by atoms with van der Waals surface area (Å²) in [6.45, 7) is 1.39. The first-order valence-electron chi connectivity index (χ1n) is 8.42. The van der Waals surface area contributed by atoms with Gasteiger partial charge in [-0.25, -0.2) is 26.0 Å². The molecule has 156 valence electrons. The van der Waals surface area contributed by atoms with Gasteiger partial charge >= 0.3 is 0 Å². The van der Waals surface area contributed by atoms with Gasteiger partial charge in [0.05, 0.1) is 21.8 Å². The van der Waals surface area contributed by atoms with Gasteiger partial charge in [0.2, 0.25) is 0 Å². The Morgan fingerprint density at radius 2 is 1.47 bits per heavy atom. The van der Waals surface area contributed by atoms with Gasteiger partial charge in [-0.1, -0.05) is 12.1 Å². The van der Waals surface area contributed by atoms with Crippen molar-refractivity contribution in [3.8, 4) is 0 Å². The summed E-state index contributed by atoms with van der Waals surface area (Å²) in [5.41, 5.74) is -0.868. The molecule has 0 aromatic heterocycles. The number of hydrogen-bond acceptors (Lipinski definition) is 3. The third-order valence-electron chi connectivity index (χ3n) is 4.11. The average Bonchev–Trinajstić information content (AvgIpc) is 2.68. The molecule has 0 spiro atoms. The number of aryl methyl sites for hydroxylation is 1. The molecule has 0 bridgehead atoms. The normalized spacial score (nSPS) is 11.2. The fraction of sp³-hybridized carbons (Fsp3) is 0.0500. The zero-order valence-electron chi connectivity index (χ0n) is 15.3. The lowest BCUT2D eigenvalue weighted by atomic mass is 10.1. The molecule has 0 unspecified atom stereocenters. The Labute approximate surface area is 169 Å². The summed E-state index contributed by atoms with van der Waals surface area (Å²) < 4.78 is 81.1. The van der Waals surface area contributed by atoms with Gasteiger partial charge in [-0.2, -0.15) is 0 Å². The second-order valence-electron chi connectivity index (χ2n) is 6.26. The van der Waals surface area contributed by atoms with E-state index < -0.39 is 44.9 Å². The Hall–Kier alpha value is -3.40. The predicted molar refractivity (Wildman–Crippen MR) is 103 cm³/mol. The fourth-order valence-corrected chi connectivity index (χ4v) is 3.73. The second kappa shape index (κ2) is 8.15. The fourth-order valence-electron chi connectivity index (χ4n) is 2.57. The van der Waals surface area contributed by atoms with E-state index in [4.69, 9.17) is 0 Å². The van der Waals surface area contributed by atoms with Crippen LogP contribution in [0.15, 0.2) is 59.5 Å². The number of hydrogen-bond donors (Lipinski definition) is 2. The standard InChI is InChI=1S/C20H14F4N2O3S/c1-11-8-12(6-7-14(11)21)30(28,29)26-18-5-3-2-4-13(18)20(27)25-19-10-16(23)15(22)9-17(19)24/h2-10,26H,1H3,(H,25,27). The van der Waals surface area contributed by atoms with E-state index in [9.17, 15) is 30.8 Å². The molecular weight excluding hydrogens is 424 g/mol. The molecule has 0 fully saturated rings. The molecule has 0 saturated heterocycles. The third-order valence-corrected chi connectivity index (χ3v) is 5.48. The zero-order chi connectivity index (χ0) is 22.1. The van der Waals surface area contributed by atoms with Gasteiger partial charge < -0.3 is 5.32 Å². The maximum atomic E-state index is 13.8. The summed E-state index contributed by atoms with van der Waals surface area (Å²) in [5.74, 6) is -5.54. The number of amides is 1. The monoisotopic (exact) mass is 438 g/mol. The lowest BCUT2D eigenvalue weighted by Crippen LogP contribution is -2.19. The summed E-state index contributed by atoms with van der Waals surface area (Å²) >= 11 is 0. The van der Waals surface area contributed by atoms with Gasteiger partial charge in [0.1, 0.15) is 11.6 Å². The highest BCUT2D eigenvalue weighted by Gasteiger charge is 2.20. The minimum atomic E-state index is -4.18. The topological polar surface area (TPSA) is 75.3 Å². The van der Waals surface area contributed by atoms with Crippen LogP contribution in [0.1, 0.15) is 15.9 Å². The predicted octanol–water partition coefficient (Wildman–Crippen LogP) is 4.60. The number of rotatable bonds is 5. The third kappa shape index (κ3) is 4.43. The Kier molecular flexibility index (Phi) is 5.79. The van der Waals surface area contributed by atoms with Crippen molar-refractivity contribution < 1.29 is 30.8 Å². The quantitative estimate of drug-likeness (QED) is 0.452. The Morgan fingerprint density at radius 1 is 0.800 bits per heavy atom. The van der Waals surface area contributed by atoms with E-state index in [0.29, 0.717) is 6.07 Å². The van der Waals surface area contributed by atoms with E-state index in [2.05, 4.69) is 10.0 Å². The van der Waals surface area contributed by atoms with Crippen LogP contribution in [0.5, 0.6) is 0 Å². The van der Waals surface area contributed by atoms with Gasteiger partial charge in [0.25, 0.3) is 15.9 Å². The molecule has 0 aliphatic rings. The summed E-state index contributed by atoms with van der Waals surface area (Å²) in [5, 5.41) is 2.07. The minimum absolute atomic E-state index is 0.109. The molecule has 30 heavy (non-hydrogen) atoms. The molecule has 0 aliphatic carbocycles. The minimum Gasteiger partial charge on any atom is -0.319 e. The van der Waals surface area contributed by atoms with Crippen LogP contribution in [-0.2, 0) is 10.0 Å². The van der Waals surface area contributed by atoms with Crippen LogP contribution in [0.25, 0.3) is 0 Å². The van der Waals surface area contributed by atoms with Crippen LogP contribution in [0.4, 0.5) is 28.9 Å². The maximum Gasteiger partial charge on any atom is 0.261 e. The number of benzene rings is 3. The Morgan fingerprint density at radius 3 is 2.17 bits per heavy atom. The number of carbonyl (C=O) groups is 1. The molecule has 2 N–H and O–H groups in total. The van der Waals surface area contributed by atoms with Gasteiger partial charge in [-0.05, 0) is 42.8 Å². The lowest BCUT2D eigenvalue weighted by molar-refractivity contribution is 0.102. The molecule has 10 heteroatoms. The van der Waals surface area contributed by atoms with Crippen molar-refractivity contribution in [1.82, 2.24) is 0 Å². The van der Waals surface area contributed by atoms with Crippen molar-refractivity contribution in [3.05, 3.63) is 89.0 Å². The number of anilines is 2. The largest absolute Gasteiger partial charge is 0.319 e. The molecule has 5 nitrogen and oxygen atoms in total. The summed E-state index contributed by atoms with van der Waals surface area (Å²) in [4.78, 5) is 12.3. The van der Waals surface area contributed by atoms with E-state index in [1.807, 2.05) is 0 Å². The first kappa shape index (κ1) is 21.3. The van der Waals surface area contributed by atoms with Crippen molar-refractivity contribution in [2.75, 3.05) is 10.0 Å². The van der Waals surface area contributed by atoms with E-state index in [-0.39, 0.29) is 27.8 Å². The second-order valence-corrected chi connectivity index (χ2v) is 7.94. The first-order valence-corrected chi connectivity index (χ1v) is 9.90. The summed E-state index contributed by atoms with van der Waals surface area (Å²) in [7, 11) is -4.18. The number of carbonyl (C=O) groups excluding carboxylic acids is 1. The molecule has 1 amide bonds. The van der Waals surface area contributed by atoms with Crippen LogP contribution in [0.2, 0.25) is 0 Å². The lowest BCUT2D eigenvalue weighted by Gasteiger charge is -2.13. The molecule has 0 radical (unpaired) electrons. The van der Waals surface area contributed by atoms with Crippen LogP contribution < -0.4 is 10.0 Å². The molecule has 0 saturated carbocycles. The first-order chi connectivity index (χ1) is 14.1. The van der Waals surface area contributed by atoms with E-state index in [1.165, 1.54) is 31.2 Å². The van der Waals surface area contributed by atoms with Crippen LogP contribution in [0, 0.1) is 30.2 Å². The number of nitrogens with one attached hydrogen (secondary N) is 2. The van der Waals surface area contributed by atoms with Crippen LogP contribution in [0.3, 0.4) is 0 Å². The highest BCUT2D eigenvalue weighted by atomic mass is 32.2. The van der Waals surface area contributed by atoms with Gasteiger partial charge in [-0.15, -0.1) is 0 Å². The summed E-state index contributed by atoms with van der Waals surface area (Å²) in [6, 6.07) is 9.33. The molecule has 0 heterocycles. The van der Waals surface area contributed by atoms with E-state index >= 15 is 0 Å². The van der Waals surface area contributed by atoms with Crippen molar-refractivity contribution in [3.63, 3.8) is 0 Å². The van der Waals surface area contributed by atoms with Crippen LogP contribution in [-0.4, -0.2) is 14.3 Å². The zero-order valence-corrected chi connectivity index (χ0v) is 16.2. The van der Waals surface area contributed by atoms with Gasteiger partial charge in [-0.3, -0.25) is 9.52 Å². The number of sulfonamides is 1. The van der Waals surface area contributed by atoms with Crippen molar-refractivity contribution >= 4 is 27.3 Å². The molecule has 0 aliphatic heterocycles. The number of para-hydroxylation sites is 1. The molecule has 3 rings (SSSR count). The highest BCUT2D eigenvalue weighted by molar-refractivity contribution is 7.92. The average molecular weight is 438 g/mol. The molecule has 0 atom stereocenters. The van der Waals surface area contributed by atoms with Crippen molar-refractivity contribution in [2.45, 2.75) is 11.8 Å². The molecular formula is C20H14F4N2O3S. The molecule has 3 aromatic carbocycles. The Balaban J connectivity index is 1.91. The number of halogens is 4. The van der Waals surface area contributed by atoms with Crippen molar-refractivity contribution in [2.24, 2.45) is 0 Å². The molecule has 3 aromatic rings. The van der Waals surface area contributed by atoms with E-state index in [1.54, 1.807) is 0 Å². The smallest absolute Gasteiger partial charge is 0.261 e. The summed E-state index contributed by atoms with van der Waals surface area (Å²) in [6.07, 6.45) is 0. The van der Waals surface area contributed by atoms with Gasteiger partial charge in [0, 0.05) is 12.1 Å². The van der Waals surface area contributed by atoms with Crippen LogP contribution >= 0.6 is 0 Å². The SMILES string of the molecule is Cc1cc(S(=O)(=O)Nc2ccccc2C(=O)Nc2cc(F)c(F)cc2F)ccc1F. The van der Waals surface area contributed by atoms with E-state index in [0.717, 1.165) is 18.2 Å². The van der Waals surface area contributed by atoms with Crippen molar-refractivity contribution in [1.29, 1.82) is 0 Å². The maximum absolute atomic E-state index is 13.8. The van der Waals surface area contributed by atoms with Gasteiger partial charge in [0.15, 0.2) is 11.6 Å². The Bertz CT molecular complexity index is 1250.